The van der Waals surface area contributed by atoms with Crippen LogP contribution in [0.2, 0.25) is 0 Å². The Hall–Kier alpha value is -3.38. The molecule has 1 heterocycles. The molecular weight excluding hydrogens is 346 g/mol. The number of ketones is 1. The van der Waals surface area contributed by atoms with Gasteiger partial charge in [-0.05, 0) is 48.1 Å². The molecule has 1 atom stereocenters. The number of fused-ring (bicyclic) bond motifs is 1. The van der Waals surface area contributed by atoms with E-state index < -0.39 is 6.10 Å². The summed E-state index contributed by atoms with van der Waals surface area (Å²) < 4.78 is 16.7. The maximum atomic E-state index is 11.4. The van der Waals surface area contributed by atoms with Crippen molar-refractivity contribution in [3.8, 4) is 11.5 Å². The average molecular weight is 363 g/mol. The van der Waals surface area contributed by atoms with Gasteiger partial charge in [0.25, 0.3) is 0 Å². The van der Waals surface area contributed by atoms with Gasteiger partial charge in [0.05, 0.1) is 7.11 Å². The maximum absolute atomic E-state index is 11.4. The highest BCUT2D eigenvalue weighted by molar-refractivity contribution is 6.01. The molecular formula is C21H17NO5. The van der Waals surface area contributed by atoms with Crippen molar-refractivity contribution < 1.29 is 23.8 Å². The zero-order valence-electron chi connectivity index (χ0n) is 14.6. The minimum absolute atomic E-state index is 0.347. The van der Waals surface area contributed by atoms with Gasteiger partial charge in [-0.15, -0.1) is 0 Å². The number of hydrogen-bond acceptors (Lipinski definition) is 6. The summed E-state index contributed by atoms with van der Waals surface area (Å²) in [7, 11) is 1.63. The van der Waals surface area contributed by atoms with E-state index in [-0.39, 0.29) is 5.78 Å². The molecule has 6 heteroatoms. The number of aromatic nitrogens is 1. The van der Waals surface area contributed by atoms with Gasteiger partial charge in [0.2, 0.25) is 5.89 Å². The monoisotopic (exact) mass is 363 g/mol. The molecule has 1 aromatic heterocycles. The van der Waals surface area contributed by atoms with Crippen LogP contribution in [0.25, 0.3) is 16.7 Å². The van der Waals surface area contributed by atoms with Crippen LogP contribution in [0.15, 0.2) is 65.1 Å². The number of oxazole rings is 1. The largest absolute Gasteiger partial charge is 0.497 e. The molecule has 0 spiro atoms. The van der Waals surface area contributed by atoms with E-state index in [1.54, 1.807) is 25.3 Å². The zero-order valence-corrected chi connectivity index (χ0v) is 14.6. The van der Waals surface area contributed by atoms with Crippen LogP contribution in [0.4, 0.5) is 0 Å². The Bertz CT molecular complexity index is 1050. The van der Waals surface area contributed by atoms with Gasteiger partial charge in [-0.1, -0.05) is 12.1 Å². The molecule has 1 aliphatic rings. The lowest BCUT2D eigenvalue weighted by atomic mass is 10.0. The topological polar surface area (TPSA) is 81.8 Å². The smallest absolute Gasteiger partial charge is 0.227 e. The predicted octanol–water partition coefficient (Wildman–Crippen LogP) is 3.30. The van der Waals surface area contributed by atoms with E-state index in [4.69, 9.17) is 13.9 Å². The van der Waals surface area contributed by atoms with E-state index in [0.717, 1.165) is 11.3 Å². The van der Waals surface area contributed by atoms with Crippen molar-refractivity contribution in [2.75, 3.05) is 7.11 Å². The molecule has 136 valence electrons. The normalized spacial score (nSPS) is 16.4. The molecule has 0 saturated heterocycles. The van der Waals surface area contributed by atoms with Gasteiger partial charge >= 0.3 is 0 Å². The summed E-state index contributed by atoms with van der Waals surface area (Å²) in [5.41, 5.74) is 2.83. The third-order valence-corrected chi connectivity index (χ3v) is 4.23. The summed E-state index contributed by atoms with van der Waals surface area (Å²) in [6.45, 7) is 0.419. The third kappa shape index (κ3) is 3.61. The molecule has 0 radical (unpaired) electrons. The fraction of sp³-hybridized carbons (Fsp3) is 0.143. The third-order valence-electron chi connectivity index (χ3n) is 4.23. The first-order valence-electron chi connectivity index (χ1n) is 8.41. The van der Waals surface area contributed by atoms with E-state index in [0.29, 0.717) is 34.9 Å². The van der Waals surface area contributed by atoms with Crippen molar-refractivity contribution in [2.45, 2.75) is 12.7 Å². The number of benzene rings is 2. The first-order chi connectivity index (χ1) is 13.1. The summed E-state index contributed by atoms with van der Waals surface area (Å²) in [5, 5.41) is 9.67. The molecule has 6 nitrogen and oxygen atoms in total. The van der Waals surface area contributed by atoms with Crippen molar-refractivity contribution in [2.24, 2.45) is 0 Å². The highest BCUT2D eigenvalue weighted by Gasteiger charge is 2.18. The molecule has 0 aliphatic heterocycles. The van der Waals surface area contributed by atoms with E-state index in [9.17, 15) is 9.90 Å². The zero-order chi connectivity index (χ0) is 18.8. The van der Waals surface area contributed by atoms with Gasteiger partial charge in [0.1, 0.15) is 29.7 Å². The van der Waals surface area contributed by atoms with Crippen LogP contribution in [0.5, 0.6) is 11.5 Å². The fourth-order valence-corrected chi connectivity index (χ4v) is 2.73. The number of hydrogen-bond donors (Lipinski definition) is 1. The average Bonchev–Trinajstić information content (AvgIpc) is 3.12. The molecule has 1 unspecified atom stereocenters. The Kier molecular flexibility index (Phi) is 4.48. The molecule has 4 rings (SSSR count). The first-order valence-corrected chi connectivity index (χ1v) is 8.41. The van der Waals surface area contributed by atoms with Crippen molar-refractivity contribution >= 4 is 22.5 Å². The summed E-state index contributed by atoms with van der Waals surface area (Å²) in [6, 6.07) is 13.0. The minimum atomic E-state index is -1.16. The van der Waals surface area contributed by atoms with Crippen molar-refractivity contribution in [1.29, 1.82) is 0 Å². The summed E-state index contributed by atoms with van der Waals surface area (Å²) in [6.07, 6.45) is 3.16. The Balaban J connectivity index is 1.51. The highest BCUT2D eigenvalue weighted by atomic mass is 16.5. The molecule has 1 N–H and O–H groups in total. The van der Waals surface area contributed by atoms with Gasteiger partial charge in [0, 0.05) is 11.6 Å². The van der Waals surface area contributed by atoms with Crippen LogP contribution >= 0.6 is 0 Å². The van der Waals surface area contributed by atoms with Crippen molar-refractivity contribution in [1.82, 2.24) is 4.98 Å². The minimum Gasteiger partial charge on any atom is -0.497 e. The quantitative estimate of drug-likeness (QED) is 0.749. The summed E-state index contributed by atoms with van der Waals surface area (Å²) >= 11 is 0. The van der Waals surface area contributed by atoms with Gasteiger partial charge in [-0.25, -0.2) is 4.98 Å². The number of aliphatic hydroxyl groups is 1. The lowest BCUT2D eigenvalue weighted by Crippen LogP contribution is -2.17. The molecule has 0 amide bonds. The predicted molar refractivity (Wildman–Crippen MR) is 99.5 cm³/mol. The van der Waals surface area contributed by atoms with Crippen LogP contribution in [-0.2, 0) is 11.4 Å². The Morgan fingerprint density at radius 1 is 1.11 bits per heavy atom. The second-order valence-corrected chi connectivity index (χ2v) is 6.09. The molecule has 1 aliphatic carbocycles. The van der Waals surface area contributed by atoms with Crippen molar-refractivity contribution in [3.63, 3.8) is 0 Å². The van der Waals surface area contributed by atoms with E-state index >= 15 is 0 Å². The summed E-state index contributed by atoms with van der Waals surface area (Å²) in [4.78, 5) is 15.8. The van der Waals surface area contributed by atoms with Gasteiger partial charge in [-0.2, -0.15) is 0 Å². The van der Waals surface area contributed by atoms with Gasteiger partial charge < -0.3 is 19.0 Å². The Labute approximate surface area is 155 Å². The number of ether oxygens (including phenoxy) is 2. The number of nitrogens with zero attached hydrogens (tertiary/aromatic N) is 1. The lowest BCUT2D eigenvalue weighted by molar-refractivity contribution is -0.120. The number of allylic oxidation sites excluding steroid dienone is 2. The first kappa shape index (κ1) is 17.1. The summed E-state index contributed by atoms with van der Waals surface area (Å²) in [5.74, 6) is 1.46. The van der Waals surface area contributed by atoms with Crippen LogP contribution in [0.3, 0.4) is 0 Å². The molecule has 0 saturated carbocycles. The maximum Gasteiger partial charge on any atom is 0.227 e. The fourth-order valence-electron chi connectivity index (χ4n) is 2.73. The Morgan fingerprint density at radius 3 is 2.63 bits per heavy atom. The Morgan fingerprint density at radius 2 is 1.89 bits per heavy atom. The molecule has 27 heavy (non-hydrogen) atoms. The molecule has 0 fully saturated rings. The number of rotatable bonds is 5. The molecule has 2 aromatic carbocycles. The molecule has 0 bridgehead atoms. The van der Waals surface area contributed by atoms with E-state index in [1.165, 1.54) is 12.2 Å². The lowest BCUT2D eigenvalue weighted by Gasteiger charge is -2.07. The van der Waals surface area contributed by atoms with Crippen molar-refractivity contribution in [3.05, 3.63) is 72.1 Å². The second kappa shape index (κ2) is 7.09. The van der Waals surface area contributed by atoms with Crippen LogP contribution in [0.1, 0.15) is 11.5 Å². The second-order valence-electron chi connectivity index (χ2n) is 6.09. The standard InChI is InChI=1S/C21H17NO5/c1-25-15-5-2-13(3-6-15)12-26-16-7-9-20-17(11-16)22-21(27-20)14-4-8-18(23)19(24)10-14/h2-11,19,24H,12H2,1H3. The number of carbonyl (C=O) groups excluding carboxylic acids is 1. The highest BCUT2D eigenvalue weighted by Crippen LogP contribution is 2.27. The van der Waals surface area contributed by atoms with Crippen LogP contribution in [0, 0.1) is 0 Å². The van der Waals surface area contributed by atoms with Gasteiger partial charge in [-0.3, -0.25) is 4.79 Å². The number of carbonyl (C=O) groups is 1. The SMILES string of the molecule is COc1ccc(COc2ccc3oc(C4=CC(O)C(=O)C=C4)nc3c2)cc1. The molecule has 3 aromatic rings. The van der Waals surface area contributed by atoms with Crippen LogP contribution in [-0.4, -0.2) is 29.1 Å². The number of methoxy groups -OCH3 is 1. The van der Waals surface area contributed by atoms with Gasteiger partial charge in [0.15, 0.2) is 11.4 Å². The van der Waals surface area contributed by atoms with E-state index in [1.807, 2.05) is 30.3 Å². The number of aliphatic hydroxyl groups excluding tert-OH is 1. The van der Waals surface area contributed by atoms with E-state index in [2.05, 4.69) is 4.98 Å². The van der Waals surface area contributed by atoms with Crippen LogP contribution < -0.4 is 9.47 Å².